The number of nitriles is 2. The minimum atomic E-state index is -3.57. The summed E-state index contributed by atoms with van der Waals surface area (Å²) in [6, 6.07) is 8.10. The van der Waals surface area contributed by atoms with Gasteiger partial charge in [0.05, 0.1) is 7.11 Å². The first-order valence-corrected chi connectivity index (χ1v) is 7.31. The first-order valence-electron chi connectivity index (χ1n) is 5.42. The van der Waals surface area contributed by atoms with Gasteiger partial charge in [0.1, 0.15) is 17.0 Å². The van der Waals surface area contributed by atoms with Gasteiger partial charge in [-0.25, -0.2) is 8.42 Å². The van der Waals surface area contributed by atoms with Crippen molar-refractivity contribution in [2.45, 2.75) is 0 Å². The fourth-order valence-corrected chi connectivity index (χ4v) is 1.89. The second-order valence-electron chi connectivity index (χ2n) is 3.75. The number of hydrogen-bond acceptors (Lipinski definition) is 6. The van der Waals surface area contributed by atoms with E-state index in [0.29, 0.717) is 17.1 Å². The molecule has 6 nitrogen and oxygen atoms in total. The van der Waals surface area contributed by atoms with Crippen LogP contribution in [0, 0.1) is 22.7 Å². The van der Waals surface area contributed by atoms with Crippen LogP contribution in [0.1, 0.15) is 5.56 Å². The lowest BCUT2D eigenvalue weighted by molar-refractivity contribution is 0.329. The number of benzene rings is 1. The molecule has 0 aromatic heterocycles. The van der Waals surface area contributed by atoms with Gasteiger partial charge in [0.25, 0.3) is 0 Å². The molecule has 1 rings (SSSR count). The third-order valence-electron chi connectivity index (χ3n) is 2.29. The van der Waals surface area contributed by atoms with Gasteiger partial charge in [0.2, 0.25) is 0 Å². The average molecular weight is 292 g/mol. The summed E-state index contributed by atoms with van der Waals surface area (Å²) in [5.41, 5.74) is 0.480. The molecule has 1 aromatic rings. The highest BCUT2D eigenvalue weighted by Crippen LogP contribution is 2.29. The van der Waals surface area contributed by atoms with Gasteiger partial charge in [-0.15, -0.1) is 0 Å². The minimum Gasteiger partial charge on any atom is -0.493 e. The van der Waals surface area contributed by atoms with Crippen LogP contribution in [0.4, 0.5) is 0 Å². The molecule has 0 aliphatic heterocycles. The van der Waals surface area contributed by atoms with Gasteiger partial charge in [-0.3, -0.25) is 0 Å². The minimum absolute atomic E-state index is 0.127. The highest BCUT2D eigenvalue weighted by molar-refractivity contribution is 7.95. The second kappa shape index (κ2) is 6.60. The number of allylic oxidation sites excluding steroid dienone is 1. The van der Waals surface area contributed by atoms with Crippen LogP contribution < -0.4 is 9.47 Å². The Bertz CT molecular complexity index is 709. The Kier molecular flexibility index (Phi) is 5.13. The number of hydrogen-bond donors (Lipinski definition) is 0. The summed E-state index contributed by atoms with van der Waals surface area (Å²) in [7, 11) is -2.15. The molecule has 0 amide bonds. The Morgan fingerprint density at radius 3 is 2.55 bits per heavy atom. The van der Waals surface area contributed by atoms with Gasteiger partial charge in [0.15, 0.2) is 27.9 Å². The highest BCUT2D eigenvalue weighted by Gasteiger charge is 2.11. The van der Waals surface area contributed by atoms with E-state index in [4.69, 9.17) is 20.0 Å². The predicted octanol–water partition coefficient (Wildman–Crippen LogP) is 1.51. The monoisotopic (exact) mass is 292 g/mol. The second-order valence-corrected chi connectivity index (χ2v) is 5.73. The maximum atomic E-state index is 11.3. The van der Waals surface area contributed by atoms with E-state index >= 15 is 0 Å². The Hall–Kier alpha value is -2.51. The van der Waals surface area contributed by atoms with Crippen LogP contribution in [-0.4, -0.2) is 28.4 Å². The third-order valence-corrected chi connectivity index (χ3v) is 3.30. The summed E-state index contributed by atoms with van der Waals surface area (Å²) >= 11 is 0. The Morgan fingerprint density at radius 2 is 2.05 bits per heavy atom. The van der Waals surface area contributed by atoms with Crippen molar-refractivity contribution < 1.29 is 17.9 Å². The van der Waals surface area contributed by atoms with Gasteiger partial charge in [-0.05, 0) is 23.8 Å². The predicted molar refractivity (Wildman–Crippen MR) is 72.5 cm³/mol. The average Bonchev–Trinajstić information content (AvgIpc) is 2.41. The molecule has 0 fully saturated rings. The molecule has 0 heterocycles. The van der Waals surface area contributed by atoms with E-state index in [1.54, 1.807) is 18.2 Å². The van der Waals surface area contributed by atoms with E-state index in [2.05, 4.69) is 0 Å². The maximum Gasteiger partial charge on any atom is 0.185 e. The molecule has 104 valence electrons. The lowest BCUT2D eigenvalue weighted by Gasteiger charge is -2.09. The molecule has 7 heteroatoms. The quantitative estimate of drug-likeness (QED) is 0.762. The van der Waals surface area contributed by atoms with Crippen LogP contribution in [0.3, 0.4) is 0 Å². The van der Waals surface area contributed by atoms with Crippen molar-refractivity contribution in [1.82, 2.24) is 0 Å². The van der Waals surface area contributed by atoms with Crippen molar-refractivity contribution >= 4 is 15.9 Å². The van der Waals surface area contributed by atoms with E-state index in [9.17, 15) is 8.42 Å². The van der Waals surface area contributed by atoms with E-state index < -0.39 is 9.84 Å². The van der Waals surface area contributed by atoms with Crippen molar-refractivity contribution in [3.05, 3.63) is 28.7 Å². The topological polar surface area (TPSA) is 100 Å². The summed E-state index contributed by atoms with van der Waals surface area (Å²) < 4.78 is 32.9. The van der Waals surface area contributed by atoms with E-state index in [1.807, 2.05) is 6.07 Å². The van der Waals surface area contributed by atoms with Crippen molar-refractivity contribution in [1.29, 1.82) is 10.5 Å². The molecule has 0 N–H and O–H groups in total. The maximum absolute atomic E-state index is 11.3. The van der Waals surface area contributed by atoms with Crippen molar-refractivity contribution in [3.8, 4) is 23.6 Å². The van der Waals surface area contributed by atoms with Crippen molar-refractivity contribution in [3.63, 3.8) is 0 Å². The summed E-state index contributed by atoms with van der Waals surface area (Å²) in [6.45, 7) is -0.127. The van der Waals surface area contributed by atoms with Gasteiger partial charge in [-0.2, -0.15) is 10.5 Å². The Labute approximate surface area is 117 Å². The van der Waals surface area contributed by atoms with Gasteiger partial charge < -0.3 is 9.47 Å². The van der Waals surface area contributed by atoms with Crippen LogP contribution in [0.15, 0.2) is 23.1 Å². The van der Waals surface area contributed by atoms with Crippen LogP contribution in [0.5, 0.6) is 11.5 Å². The Morgan fingerprint density at radius 1 is 1.35 bits per heavy atom. The van der Waals surface area contributed by atoms with E-state index in [0.717, 1.165) is 6.26 Å². The summed E-state index contributed by atoms with van der Waals surface area (Å²) in [4.78, 5) is -0.342. The molecule has 0 atom stereocenters. The first kappa shape index (κ1) is 15.5. The van der Waals surface area contributed by atoms with Gasteiger partial charge in [0, 0.05) is 6.26 Å². The smallest absolute Gasteiger partial charge is 0.185 e. The van der Waals surface area contributed by atoms with E-state index in [-0.39, 0.29) is 11.5 Å². The van der Waals surface area contributed by atoms with Crippen LogP contribution in [0.25, 0.3) is 6.08 Å². The molecule has 1 aromatic carbocycles. The number of nitrogens with zero attached hydrogens (tertiary/aromatic N) is 2. The normalized spacial score (nSPS) is 11.3. The zero-order valence-electron chi connectivity index (χ0n) is 11.0. The lowest BCUT2D eigenvalue weighted by atomic mass is 10.2. The summed E-state index contributed by atoms with van der Waals surface area (Å²) in [5, 5.41) is 17.3. The molecular formula is C13H12N2O4S. The fraction of sp³-hybridized carbons (Fsp3) is 0.231. The van der Waals surface area contributed by atoms with Gasteiger partial charge >= 0.3 is 0 Å². The lowest BCUT2D eigenvalue weighted by Crippen LogP contribution is -1.99. The first-order chi connectivity index (χ1) is 9.42. The summed E-state index contributed by atoms with van der Waals surface area (Å²) in [5.74, 6) is 0.712. The molecule has 0 unspecified atom stereocenters. The molecule has 0 aliphatic carbocycles. The Balaban J connectivity index is 3.21. The standard InChI is InChI=1S/C13H12N2O4S/c1-18-13-8-10(3-4-12(13)19-6-5-14)7-11(9-15)20(2,16)17/h3-4,7-8H,6H2,1-2H3/b11-7+. The summed E-state index contributed by atoms with van der Waals surface area (Å²) in [6.07, 6.45) is 2.20. The number of rotatable bonds is 5. The molecular weight excluding hydrogens is 280 g/mol. The van der Waals surface area contributed by atoms with Gasteiger partial charge in [-0.1, -0.05) is 6.07 Å². The van der Waals surface area contributed by atoms with Crippen LogP contribution in [-0.2, 0) is 9.84 Å². The highest BCUT2D eigenvalue weighted by atomic mass is 32.2. The van der Waals surface area contributed by atoms with E-state index in [1.165, 1.54) is 19.3 Å². The number of methoxy groups -OCH3 is 1. The largest absolute Gasteiger partial charge is 0.493 e. The zero-order chi connectivity index (χ0) is 15.2. The molecule has 0 spiro atoms. The number of ether oxygens (including phenoxy) is 2. The fourth-order valence-electron chi connectivity index (χ4n) is 1.38. The molecule has 0 bridgehead atoms. The molecule has 0 saturated carbocycles. The van der Waals surface area contributed by atoms with Crippen molar-refractivity contribution in [2.24, 2.45) is 0 Å². The zero-order valence-corrected chi connectivity index (χ0v) is 11.8. The van der Waals surface area contributed by atoms with Crippen LogP contribution >= 0.6 is 0 Å². The van der Waals surface area contributed by atoms with Crippen molar-refractivity contribution in [2.75, 3.05) is 20.0 Å². The molecule has 0 aliphatic rings. The molecule has 0 radical (unpaired) electrons. The molecule has 20 heavy (non-hydrogen) atoms. The molecule has 0 saturated heterocycles. The van der Waals surface area contributed by atoms with Crippen LogP contribution in [0.2, 0.25) is 0 Å². The number of sulfone groups is 1. The SMILES string of the molecule is COc1cc(/C=C(\C#N)S(C)(=O)=O)ccc1OCC#N. The third kappa shape index (κ3) is 4.01.